The molecule has 0 bridgehead atoms. The Labute approximate surface area is 126 Å². The van der Waals surface area contributed by atoms with Gasteiger partial charge in [0.1, 0.15) is 5.75 Å². The highest BCUT2D eigenvalue weighted by molar-refractivity contribution is 5.76. The number of ether oxygens (including phenoxy) is 1. The van der Waals surface area contributed by atoms with Crippen molar-refractivity contribution in [2.75, 3.05) is 39.5 Å². The van der Waals surface area contributed by atoms with Crippen molar-refractivity contribution in [3.63, 3.8) is 0 Å². The first-order valence-electron chi connectivity index (χ1n) is 7.49. The van der Waals surface area contributed by atoms with E-state index in [1.54, 1.807) is 6.07 Å². The average molecular weight is 291 g/mol. The Bertz CT molecular complexity index is 470. The van der Waals surface area contributed by atoms with E-state index in [2.05, 4.69) is 11.9 Å². The molecule has 0 aliphatic carbocycles. The van der Waals surface area contributed by atoms with Gasteiger partial charge in [-0.05, 0) is 45.1 Å². The molecule has 1 aromatic rings. The largest absolute Gasteiger partial charge is 0.491 e. The molecule has 0 unspecified atom stereocenters. The van der Waals surface area contributed by atoms with Gasteiger partial charge in [-0.25, -0.2) is 0 Å². The molecule has 0 saturated carbocycles. The number of nitrogen functional groups attached to an aromatic ring is 1. The van der Waals surface area contributed by atoms with E-state index in [9.17, 15) is 4.79 Å². The van der Waals surface area contributed by atoms with Crippen molar-refractivity contribution >= 4 is 11.6 Å². The van der Waals surface area contributed by atoms with E-state index in [-0.39, 0.29) is 5.91 Å². The number of para-hydroxylation sites is 2. The van der Waals surface area contributed by atoms with Crippen molar-refractivity contribution in [1.29, 1.82) is 0 Å². The van der Waals surface area contributed by atoms with E-state index in [0.717, 1.165) is 25.9 Å². The Balaban J connectivity index is 1.75. The maximum absolute atomic E-state index is 12.2. The zero-order valence-corrected chi connectivity index (χ0v) is 12.9. The molecule has 1 fully saturated rings. The zero-order chi connectivity index (χ0) is 15.2. The maximum atomic E-state index is 12.2. The molecular weight excluding hydrogens is 266 g/mol. The molecule has 0 atom stereocenters. The average Bonchev–Trinajstić information content (AvgIpc) is 2.49. The van der Waals surface area contributed by atoms with Crippen LogP contribution in [0.4, 0.5) is 5.69 Å². The molecule has 5 nitrogen and oxygen atoms in total. The topological polar surface area (TPSA) is 58.8 Å². The molecule has 1 aliphatic rings. The summed E-state index contributed by atoms with van der Waals surface area (Å²) in [4.78, 5) is 16.4. The van der Waals surface area contributed by atoms with Gasteiger partial charge in [0.2, 0.25) is 5.91 Å². The first kappa shape index (κ1) is 15.6. The standard InChI is InChI=1S/C16H25N3O2/c1-18-10-7-13(8-11-18)19(2)16(20)9-12-21-15-6-4-3-5-14(15)17/h3-6,13H,7-12,17H2,1-2H3. The van der Waals surface area contributed by atoms with Crippen LogP contribution < -0.4 is 10.5 Å². The molecule has 1 saturated heterocycles. The molecule has 1 heterocycles. The second-order valence-corrected chi connectivity index (χ2v) is 5.68. The predicted octanol–water partition coefficient (Wildman–Crippen LogP) is 1.59. The summed E-state index contributed by atoms with van der Waals surface area (Å²) in [5, 5.41) is 0. The van der Waals surface area contributed by atoms with Crippen LogP contribution in [0.5, 0.6) is 5.75 Å². The van der Waals surface area contributed by atoms with Crippen molar-refractivity contribution in [3.05, 3.63) is 24.3 Å². The fourth-order valence-electron chi connectivity index (χ4n) is 2.62. The summed E-state index contributed by atoms with van der Waals surface area (Å²) in [5.41, 5.74) is 6.41. The summed E-state index contributed by atoms with van der Waals surface area (Å²) >= 11 is 0. The van der Waals surface area contributed by atoms with Gasteiger partial charge in [0.15, 0.2) is 0 Å². The van der Waals surface area contributed by atoms with Gasteiger partial charge < -0.3 is 20.3 Å². The Kier molecular flexibility index (Phi) is 5.44. The normalized spacial score (nSPS) is 16.7. The molecule has 2 rings (SSSR count). The summed E-state index contributed by atoms with van der Waals surface area (Å²) < 4.78 is 5.58. The SMILES string of the molecule is CN1CCC(N(C)C(=O)CCOc2ccccc2N)CC1. The lowest BCUT2D eigenvalue weighted by molar-refractivity contribution is -0.133. The third kappa shape index (κ3) is 4.36. The van der Waals surface area contributed by atoms with E-state index < -0.39 is 0 Å². The Hall–Kier alpha value is -1.75. The zero-order valence-electron chi connectivity index (χ0n) is 12.9. The number of nitrogens with zero attached hydrogens (tertiary/aromatic N) is 2. The summed E-state index contributed by atoms with van der Waals surface area (Å²) in [5.74, 6) is 0.784. The molecule has 0 spiro atoms. The van der Waals surface area contributed by atoms with Crippen LogP contribution in [0.1, 0.15) is 19.3 Å². The van der Waals surface area contributed by atoms with Gasteiger partial charge in [-0.1, -0.05) is 12.1 Å². The Morgan fingerprint density at radius 1 is 1.38 bits per heavy atom. The van der Waals surface area contributed by atoms with Crippen molar-refractivity contribution in [3.8, 4) is 5.75 Å². The number of nitrogens with two attached hydrogens (primary N) is 1. The molecule has 0 aromatic heterocycles. The Morgan fingerprint density at radius 2 is 2.05 bits per heavy atom. The first-order chi connectivity index (χ1) is 10.1. The predicted molar refractivity (Wildman–Crippen MR) is 84.3 cm³/mol. The van der Waals surface area contributed by atoms with Gasteiger partial charge in [-0.15, -0.1) is 0 Å². The van der Waals surface area contributed by atoms with Crippen LogP contribution in [0.2, 0.25) is 0 Å². The second kappa shape index (κ2) is 7.31. The number of anilines is 1. The molecule has 0 radical (unpaired) electrons. The van der Waals surface area contributed by atoms with Gasteiger partial charge in [0, 0.05) is 13.1 Å². The fourth-order valence-corrected chi connectivity index (χ4v) is 2.62. The minimum atomic E-state index is 0.138. The lowest BCUT2D eigenvalue weighted by atomic mass is 10.0. The number of likely N-dealkylation sites (tertiary alicyclic amines) is 1. The van der Waals surface area contributed by atoms with Gasteiger partial charge >= 0.3 is 0 Å². The summed E-state index contributed by atoms with van der Waals surface area (Å²) in [6, 6.07) is 7.71. The number of carbonyl (C=O) groups is 1. The quantitative estimate of drug-likeness (QED) is 0.837. The maximum Gasteiger partial charge on any atom is 0.225 e. The molecule has 21 heavy (non-hydrogen) atoms. The molecule has 1 amide bonds. The number of benzene rings is 1. The minimum Gasteiger partial charge on any atom is -0.491 e. The van der Waals surface area contributed by atoms with Gasteiger partial charge in [0.25, 0.3) is 0 Å². The van der Waals surface area contributed by atoms with Crippen molar-refractivity contribution in [2.45, 2.75) is 25.3 Å². The highest BCUT2D eigenvalue weighted by atomic mass is 16.5. The molecule has 1 aromatic carbocycles. The molecule has 5 heteroatoms. The van der Waals surface area contributed by atoms with Crippen LogP contribution in [0.25, 0.3) is 0 Å². The summed E-state index contributed by atoms with van der Waals surface area (Å²) in [7, 11) is 4.02. The fraction of sp³-hybridized carbons (Fsp3) is 0.562. The monoisotopic (exact) mass is 291 g/mol. The van der Waals surface area contributed by atoms with E-state index in [0.29, 0.717) is 30.5 Å². The Morgan fingerprint density at radius 3 is 2.71 bits per heavy atom. The molecule has 116 valence electrons. The first-order valence-corrected chi connectivity index (χ1v) is 7.49. The van der Waals surface area contributed by atoms with Crippen molar-refractivity contribution < 1.29 is 9.53 Å². The van der Waals surface area contributed by atoms with Gasteiger partial charge in [-0.2, -0.15) is 0 Å². The van der Waals surface area contributed by atoms with E-state index in [1.165, 1.54) is 0 Å². The summed E-state index contributed by atoms with van der Waals surface area (Å²) in [6.45, 7) is 2.47. The highest BCUT2D eigenvalue weighted by Crippen LogP contribution is 2.20. The molecule has 1 aliphatic heterocycles. The lowest BCUT2D eigenvalue weighted by Crippen LogP contribution is -2.44. The lowest BCUT2D eigenvalue weighted by Gasteiger charge is -2.35. The highest BCUT2D eigenvalue weighted by Gasteiger charge is 2.23. The van der Waals surface area contributed by atoms with E-state index in [1.807, 2.05) is 30.1 Å². The van der Waals surface area contributed by atoms with Crippen LogP contribution in [-0.4, -0.2) is 55.5 Å². The number of amides is 1. The van der Waals surface area contributed by atoms with Crippen LogP contribution in [0, 0.1) is 0 Å². The summed E-state index contributed by atoms with van der Waals surface area (Å²) in [6.07, 6.45) is 2.48. The van der Waals surface area contributed by atoms with Crippen molar-refractivity contribution in [1.82, 2.24) is 9.80 Å². The third-order valence-corrected chi connectivity index (χ3v) is 4.12. The minimum absolute atomic E-state index is 0.138. The number of hydrogen-bond acceptors (Lipinski definition) is 4. The van der Waals surface area contributed by atoms with Crippen molar-refractivity contribution in [2.24, 2.45) is 0 Å². The van der Waals surface area contributed by atoms with Crippen LogP contribution in [-0.2, 0) is 4.79 Å². The van der Waals surface area contributed by atoms with Gasteiger partial charge in [-0.3, -0.25) is 4.79 Å². The smallest absolute Gasteiger partial charge is 0.225 e. The van der Waals surface area contributed by atoms with E-state index in [4.69, 9.17) is 10.5 Å². The van der Waals surface area contributed by atoms with Crippen LogP contribution in [0.3, 0.4) is 0 Å². The number of piperidine rings is 1. The second-order valence-electron chi connectivity index (χ2n) is 5.68. The third-order valence-electron chi connectivity index (χ3n) is 4.12. The van der Waals surface area contributed by atoms with E-state index >= 15 is 0 Å². The number of carbonyl (C=O) groups excluding carboxylic acids is 1. The number of hydrogen-bond donors (Lipinski definition) is 1. The number of rotatable bonds is 5. The van der Waals surface area contributed by atoms with Gasteiger partial charge in [0.05, 0.1) is 18.7 Å². The van der Waals surface area contributed by atoms with Crippen LogP contribution >= 0.6 is 0 Å². The van der Waals surface area contributed by atoms with Crippen LogP contribution in [0.15, 0.2) is 24.3 Å². The molecular formula is C16H25N3O2. The molecule has 2 N–H and O–H groups in total.